The fourth-order valence-corrected chi connectivity index (χ4v) is 1.22. The molecule has 0 heterocycles. The van der Waals surface area contributed by atoms with E-state index in [9.17, 15) is 23.1 Å². The van der Waals surface area contributed by atoms with Gasteiger partial charge in [0, 0.05) is 5.56 Å². The Bertz CT molecular complexity index is 425. The van der Waals surface area contributed by atoms with Crippen molar-refractivity contribution in [1.29, 1.82) is 0 Å². The third-order valence-corrected chi connectivity index (χ3v) is 1.89. The van der Waals surface area contributed by atoms with Crippen molar-refractivity contribution in [2.75, 3.05) is 0 Å². The SMILES string of the molecule is O=C(O)Cc1c(C(F)(F)F)ccc(O)c1O. The van der Waals surface area contributed by atoms with E-state index >= 15 is 0 Å². The van der Waals surface area contributed by atoms with Gasteiger partial charge in [-0.3, -0.25) is 4.79 Å². The molecule has 4 nitrogen and oxygen atoms in total. The Kier molecular flexibility index (Phi) is 2.97. The van der Waals surface area contributed by atoms with Gasteiger partial charge in [0.25, 0.3) is 0 Å². The van der Waals surface area contributed by atoms with Crippen LogP contribution in [0, 0.1) is 0 Å². The molecule has 0 unspecified atom stereocenters. The lowest BCUT2D eigenvalue weighted by Gasteiger charge is -2.13. The van der Waals surface area contributed by atoms with Gasteiger partial charge >= 0.3 is 12.1 Å². The summed E-state index contributed by atoms with van der Waals surface area (Å²) < 4.78 is 37.3. The monoisotopic (exact) mass is 236 g/mol. The molecule has 1 aromatic carbocycles. The maximum Gasteiger partial charge on any atom is 0.416 e. The van der Waals surface area contributed by atoms with Crippen LogP contribution in [0.15, 0.2) is 12.1 Å². The Labute approximate surface area is 87.6 Å². The number of hydrogen-bond donors (Lipinski definition) is 3. The molecule has 0 aliphatic heterocycles. The van der Waals surface area contributed by atoms with Crippen molar-refractivity contribution in [3.8, 4) is 11.5 Å². The molecule has 3 N–H and O–H groups in total. The molecule has 0 aliphatic rings. The summed E-state index contributed by atoms with van der Waals surface area (Å²) in [6, 6.07) is 1.18. The molecule has 0 spiro atoms. The van der Waals surface area contributed by atoms with E-state index in [1.54, 1.807) is 0 Å². The lowest BCUT2D eigenvalue weighted by Crippen LogP contribution is -2.12. The molecule has 0 amide bonds. The molecular weight excluding hydrogens is 229 g/mol. The third kappa shape index (κ3) is 2.36. The Morgan fingerprint density at radius 3 is 2.25 bits per heavy atom. The van der Waals surface area contributed by atoms with Crippen LogP contribution in [0.2, 0.25) is 0 Å². The minimum absolute atomic E-state index is 0.521. The smallest absolute Gasteiger partial charge is 0.416 e. The highest BCUT2D eigenvalue weighted by Gasteiger charge is 2.35. The number of hydrogen-bond acceptors (Lipinski definition) is 3. The summed E-state index contributed by atoms with van der Waals surface area (Å²) in [5, 5.41) is 26.6. The van der Waals surface area contributed by atoms with Gasteiger partial charge in [-0.15, -0.1) is 0 Å². The molecular formula is C9H7F3O4. The van der Waals surface area contributed by atoms with Gasteiger partial charge in [-0.25, -0.2) is 0 Å². The predicted octanol–water partition coefficient (Wildman–Crippen LogP) is 1.74. The molecule has 0 bridgehead atoms. The van der Waals surface area contributed by atoms with Crippen molar-refractivity contribution in [2.45, 2.75) is 12.6 Å². The summed E-state index contributed by atoms with van der Waals surface area (Å²) in [6.45, 7) is 0. The third-order valence-electron chi connectivity index (χ3n) is 1.89. The lowest BCUT2D eigenvalue weighted by atomic mass is 10.0. The van der Waals surface area contributed by atoms with Gasteiger partial charge in [0.05, 0.1) is 12.0 Å². The molecule has 0 radical (unpaired) electrons. The minimum Gasteiger partial charge on any atom is -0.504 e. The predicted molar refractivity (Wildman–Crippen MR) is 46.1 cm³/mol. The van der Waals surface area contributed by atoms with Gasteiger partial charge in [-0.1, -0.05) is 0 Å². The van der Waals surface area contributed by atoms with Crippen molar-refractivity contribution < 1.29 is 33.3 Å². The zero-order chi connectivity index (χ0) is 12.5. The van der Waals surface area contributed by atoms with E-state index in [1.807, 2.05) is 0 Å². The highest BCUT2D eigenvalue weighted by Crippen LogP contribution is 2.39. The first-order valence-electron chi connectivity index (χ1n) is 4.06. The summed E-state index contributed by atoms with van der Waals surface area (Å²) in [5.41, 5.74) is -2.12. The van der Waals surface area contributed by atoms with Gasteiger partial charge in [-0.2, -0.15) is 13.2 Å². The van der Waals surface area contributed by atoms with Crippen molar-refractivity contribution in [3.63, 3.8) is 0 Å². The Hall–Kier alpha value is -1.92. The van der Waals surface area contributed by atoms with Gasteiger partial charge in [0.1, 0.15) is 0 Å². The van der Waals surface area contributed by atoms with Crippen LogP contribution in [-0.2, 0) is 17.4 Å². The lowest BCUT2D eigenvalue weighted by molar-refractivity contribution is -0.139. The fourth-order valence-electron chi connectivity index (χ4n) is 1.22. The molecule has 0 aliphatic carbocycles. The number of benzene rings is 1. The maximum absolute atomic E-state index is 12.4. The minimum atomic E-state index is -4.78. The van der Waals surface area contributed by atoms with Crippen molar-refractivity contribution in [2.24, 2.45) is 0 Å². The van der Waals surface area contributed by atoms with Crippen LogP contribution in [0.4, 0.5) is 13.2 Å². The molecule has 1 rings (SSSR count). The average Bonchev–Trinajstić information content (AvgIpc) is 2.10. The van der Waals surface area contributed by atoms with E-state index in [0.29, 0.717) is 12.1 Å². The van der Waals surface area contributed by atoms with Gasteiger partial charge in [0.2, 0.25) is 0 Å². The second-order valence-corrected chi connectivity index (χ2v) is 3.03. The molecule has 0 fully saturated rings. The van der Waals surface area contributed by atoms with E-state index in [2.05, 4.69) is 0 Å². The first-order valence-corrected chi connectivity index (χ1v) is 4.06. The number of alkyl halides is 3. The second-order valence-electron chi connectivity index (χ2n) is 3.03. The van der Waals surface area contributed by atoms with Crippen molar-refractivity contribution in [1.82, 2.24) is 0 Å². The number of carbonyl (C=O) groups is 1. The van der Waals surface area contributed by atoms with E-state index in [0.717, 1.165) is 0 Å². The van der Waals surface area contributed by atoms with Gasteiger partial charge in [0.15, 0.2) is 11.5 Å². The summed E-state index contributed by atoms with van der Waals surface area (Å²) in [5.74, 6) is -3.38. The standard InChI is InChI=1S/C9H7F3O4/c10-9(11,12)5-1-2-6(13)8(16)4(5)3-7(14)15/h1-2,13,16H,3H2,(H,14,15). The van der Waals surface area contributed by atoms with Crippen LogP contribution < -0.4 is 0 Å². The van der Waals surface area contributed by atoms with Crippen LogP contribution in [0.1, 0.15) is 11.1 Å². The number of phenols is 2. The van der Waals surface area contributed by atoms with E-state index < -0.39 is 41.2 Å². The van der Waals surface area contributed by atoms with Crippen LogP contribution in [0.25, 0.3) is 0 Å². The topological polar surface area (TPSA) is 77.8 Å². The number of carboxylic acids is 1. The normalized spacial score (nSPS) is 11.4. The van der Waals surface area contributed by atoms with E-state index in [1.165, 1.54) is 0 Å². The quantitative estimate of drug-likeness (QED) is 0.683. The van der Waals surface area contributed by atoms with Crippen molar-refractivity contribution in [3.05, 3.63) is 23.3 Å². The number of phenolic OH excluding ortho intramolecular Hbond substituents is 2. The molecule has 88 valence electrons. The summed E-state index contributed by atoms with van der Waals surface area (Å²) in [4.78, 5) is 10.4. The maximum atomic E-state index is 12.4. The van der Waals surface area contributed by atoms with Crippen LogP contribution in [0.3, 0.4) is 0 Å². The number of carboxylic acid groups (broad SMARTS) is 1. The zero-order valence-electron chi connectivity index (χ0n) is 7.75. The number of rotatable bonds is 2. The van der Waals surface area contributed by atoms with E-state index in [4.69, 9.17) is 10.2 Å². The van der Waals surface area contributed by atoms with Crippen LogP contribution >= 0.6 is 0 Å². The Balaban J connectivity index is 3.39. The molecule has 0 saturated heterocycles. The summed E-state index contributed by atoms with van der Waals surface area (Å²) in [6.07, 6.45) is -5.80. The van der Waals surface area contributed by atoms with Crippen LogP contribution in [0.5, 0.6) is 11.5 Å². The largest absolute Gasteiger partial charge is 0.504 e. The van der Waals surface area contributed by atoms with Crippen LogP contribution in [-0.4, -0.2) is 21.3 Å². The van der Waals surface area contributed by atoms with Gasteiger partial charge < -0.3 is 15.3 Å². The summed E-state index contributed by atoms with van der Waals surface area (Å²) in [7, 11) is 0. The molecule has 16 heavy (non-hydrogen) atoms. The molecule has 1 aromatic rings. The molecule has 0 saturated carbocycles. The van der Waals surface area contributed by atoms with Gasteiger partial charge in [-0.05, 0) is 12.1 Å². The molecule has 7 heteroatoms. The fraction of sp³-hybridized carbons (Fsp3) is 0.222. The number of aliphatic carboxylic acids is 1. The first-order chi connectivity index (χ1) is 7.23. The number of halogens is 3. The highest BCUT2D eigenvalue weighted by molar-refractivity contribution is 5.73. The van der Waals surface area contributed by atoms with E-state index in [-0.39, 0.29) is 0 Å². The molecule has 0 atom stereocenters. The molecule has 0 aromatic heterocycles. The number of aromatic hydroxyl groups is 2. The second kappa shape index (κ2) is 3.92. The first kappa shape index (κ1) is 12.2. The summed E-state index contributed by atoms with van der Waals surface area (Å²) >= 11 is 0. The Morgan fingerprint density at radius 1 is 1.25 bits per heavy atom. The highest BCUT2D eigenvalue weighted by atomic mass is 19.4. The zero-order valence-corrected chi connectivity index (χ0v) is 7.75. The average molecular weight is 236 g/mol. The Morgan fingerprint density at radius 2 is 1.81 bits per heavy atom. The van der Waals surface area contributed by atoms with Crippen molar-refractivity contribution >= 4 is 5.97 Å².